The first-order valence-electron chi connectivity index (χ1n) is 13.3. The predicted molar refractivity (Wildman–Crippen MR) is 154 cm³/mol. The Balaban J connectivity index is 1.52. The molecule has 3 N–H and O–H groups in total. The summed E-state index contributed by atoms with van der Waals surface area (Å²) < 4.78 is 0. The van der Waals surface area contributed by atoms with Crippen molar-refractivity contribution in [1.29, 1.82) is 0 Å². The second-order valence-electron chi connectivity index (χ2n) is 8.82. The van der Waals surface area contributed by atoms with E-state index in [2.05, 4.69) is 35.5 Å². The highest BCUT2D eigenvalue weighted by atomic mass is 16.3. The van der Waals surface area contributed by atoms with Crippen LogP contribution in [0.5, 0.6) is 5.75 Å². The van der Waals surface area contributed by atoms with Gasteiger partial charge in [-0.05, 0) is 43.0 Å². The first-order chi connectivity index (χ1) is 17.7. The molecule has 0 unspecified atom stereocenters. The molecule has 4 heteroatoms. The number of hydrogen-bond acceptors (Lipinski definition) is 2. The first-order valence-corrected chi connectivity index (χ1v) is 13.3. The molecule has 0 spiro atoms. The maximum Gasteiger partial charge on any atom is 0.243 e. The lowest BCUT2D eigenvalue weighted by atomic mass is 10.1. The van der Waals surface area contributed by atoms with E-state index in [0.29, 0.717) is 13.0 Å². The van der Waals surface area contributed by atoms with E-state index in [-0.39, 0.29) is 11.7 Å². The maximum absolute atomic E-state index is 11.9. The largest absolute Gasteiger partial charge is 0.508 e. The summed E-state index contributed by atoms with van der Waals surface area (Å²) in [6.07, 6.45) is 36.5. The Labute approximate surface area is 216 Å². The van der Waals surface area contributed by atoms with Crippen molar-refractivity contribution in [3.63, 3.8) is 0 Å². The number of benzene rings is 1. The van der Waals surface area contributed by atoms with E-state index in [0.717, 1.165) is 22.9 Å². The third kappa shape index (κ3) is 12.8. The number of aromatic amines is 1. The number of allylic oxidation sites excluding steroid dienone is 11. The van der Waals surface area contributed by atoms with Gasteiger partial charge in [-0.2, -0.15) is 0 Å². The van der Waals surface area contributed by atoms with Crippen LogP contribution in [0.3, 0.4) is 0 Å². The summed E-state index contributed by atoms with van der Waals surface area (Å²) in [4.78, 5) is 15.1. The third-order valence-corrected chi connectivity index (χ3v) is 5.80. The van der Waals surface area contributed by atoms with Crippen LogP contribution in [0.2, 0.25) is 0 Å². The zero-order chi connectivity index (χ0) is 25.7. The molecule has 4 nitrogen and oxygen atoms in total. The quantitative estimate of drug-likeness (QED) is 0.120. The summed E-state index contributed by atoms with van der Waals surface area (Å²) in [6.45, 7) is 2.79. The minimum absolute atomic E-state index is 0.128. The Hall–Kier alpha value is -3.53. The Morgan fingerprint density at radius 1 is 0.861 bits per heavy atom. The van der Waals surface area contributed by atoms with Crippen LogP contribution in [0.15, 0.2) is 97.3 Å². The van der Waals surface area contributed by atoms with Gasteiger partial charge in [-0.1, -0.05) is 112 Å². The molecule has 0 atom stereocenters. The van der Waals surface area contributed by atoms with Crippen molar-refractivity contribution in [2.24, 2.45) is 0 Å². The fourth-order valence-corrected chi connectivity index (χ4v) is 3.80. The highest BCUT2D eigenvalue weighted by Crippen LogP contribution is 2.23. The summed E-state index contributed by atoms with van der Waals surface area (Å²) in [6, 6.07) is 5.24. The molecule has 0 saturated heterocycles. The van der Waals surface area contributed by atoms with Crippen molar-refractivity contribution < 1.29 is 9.90 Å². The lowest BCUT2D eigenvalue weighted by Gasteiger charge is -2.02. The topological polar surface area (TPSA) is 65.1 Å². The Kier molecular flexibility index (Phi) is 15.0. The van der Waals surface area contributed by atoms with Gasteiger partial charge < -0.3 is 15.4 Å². The molecule has 1 heterocycles. The van der Waals surface area contributed by atoms with Gasteiger partial charge in [-0.15, -0.1) is 0 Å². The number of hydrogen-bond donors (Lipinski definition) is 3. The Bertz CT molecular complexity index is 1070. The van der Waals surface area contributed by atoms with Crippen LogP contribution in [0, 0.1) is 0 Å². The molecule has 0 aliphatic rings. The number of nitrogens with one attached hydrogen (secondary N) is 2. The molecule has 1 aromatic heterocycles. The van der Waals surface area contributed by atoms with E-state index in [4.69, 9.17) is 0 Å². The average Bonchev–Trinajstić information content (AvgIpc) is 3.27. The van der Waals surface area contributed by atoms with Crippen LogP contribution in [0.25, 0.3) is 10.9 Å². The molecule has 1 aromatic carbocycles. The Morgan fingerprint density at radius 3 is 2.22 bits per heavy atom. The van der Waals surface area contributed by atoms with E-state index < -0.39 is 0 Å². The highest BCUT2D eigenvalue weighted by Gasteiger charge is 2.04. The zero-order valence-electron chi connectivity index (χ0n) is 21.7. The molecular formula is C32H42N2O2. The minimum atomic E-state index is -0.128. The van der Waals surface area contributed by atoms with Crippen molar-refractivity contribution in [3.05, 3.63) is 103 Å². The van der Waals surface area contributed by atoms with Gasteiger partial charge in [0.05, 0.1) is 0 Å². The fraction of sp³-hybridized carbons (Fsp3) is 0.344. The number of amides is 1. The van der Waals surface area contributed by atoms with Crippen molar-refractivity contribution in [1.82, 2.24) is 10.3 Å². The van der Waals surface area contributed by atoms with Gasteiger partial charge >= 0.3 is 0 Å². The molecule has 0 radical (unpaired) electrons. The smallest absolute Gasteiger partial charge is 0.243 e. The number of phenolic OH excluding ortho intramolecular Hbond substituents is 1. The maximum atomic E-state index is 11.9. The lowest BCUT2D eigenvalue weighted by molar-refractivity contribution is -0.116. The van der Waals surface area contributed by atoms with Crippen LogP contribution in [-0.4, -0.2) is 22.5 Å². The molecular weight excluding hydrogens is 444 g/mol. The number of rotatable bonds is 17. The number of fused-ring (bicyclic) bond motifs is 1. The normalized spacial score (nSPS) is 12.7. The lowest BCUT2D eigenvalue weighted by Crippen LogP contribution is -2.23. The average molecular weight is 487 g/mol. The summed E-state index contributed by atoms with van der Waals surface area (Å²) in [5, 5.41) is 13.5. The van der Waals surface area contributed by atoms with Crippen LogP contribution in [-0.2, 0) is 11.2 Å². The molecule has 0 bridgehead atoms. The highest BCUT2D eigenvalue weighted by molar-refractivity contribution is 5.88. The van der Waals surface area contributed by atoms with Crippen molar-refractivity contribution in [2.45, 2.75) is 64.7 Å². The van der Waals surface area contributed by atoms with E-state index in [1.807, 2.05) is 54.8 Å². The molecule has 0 saturated carbocycles. The standard InChI is InChI=1S/C32H42N2O2/c1-2-3-4-5-6-7-8-9-10-11-12-13-14-15-16-17-18-19-20-21-32(36)33-25-24-28-27-34-31-23-22-29(35)26-30(28)31/h10-23,26-27,34-35H,2-9,24-25H2,1H3,(H,33,36). The van der Waals surface area contributed by atoms with E-state index in [9.17, 15) is 9.90 Å². The van der Waals surface area contributed by atoms with E-state index in [1.165, 1.54) is 51.0 Å². The van der Waals surface area contributed by atoms with Crippen LogP contribution in [0.1, 0.15) is 63.9 Å². The molecule has 0 aliphatic carbocycles. The molecule has 1 amide bonds. The zero-order valence-corrected chi connectivity index (χ0v) is 21.7. The minimum Gasteiger partial charge on any atom is -0.508 e. The monoisotopic (exact) mass is 486 g/mol. The van der Waals surface area contributed by atoms with Crippen molar-refractivity contribution >= 4 is 16.8 Å². The van der Waals surface area contributed by atoms with E-state index in [1.54, 1.807) is 18.2 Å². The summed E-state index contributed by atoms with van der Waals surface area (Å²) >= 11 is 0. The van der Waals surface area contributed by atoms with Crippen LogP contribution < -0.4 is 5.32 Å². The van der Waals surface area contributed by atoms with Gasteiger partial charge in [0.1, 0.15) is 5.75 Å². The molecule has 36 heavy (non-hydrogen) atoms. The van der Waals surface area contributed by atoms with Crippen molar-refractivity contribution in [2.75, 3.05) is 6.54 Å². The van der Waals surface area contributed by atoms with Gasteiger partial charge in [0, 0.05) is 29.7 Å². The van der Waals surface area contributed by atoms with Gasteiger partial charge in [0.2, 0.25) is 5.91 Å². The molecule has 0 aliphatic heterocycles. The number of aromatic nitrogens is 1. The van der Waals surface area contributed by atoms with Gasteiger partial charge in [0.25, 0.3) is 0 Å². The number of unbranched alkanes of at least 4 members (excludes halogenated alkanes) is 7. The predicted octanol–water partition coefficient (Wildman–Crippen LogP) is 8.01. The molecule has 192 valence electrons. The van der Waals surface area contributed by atoms with Crippen molar-refractivity contribution in [3.8, 4) is 5.75 Å². The third-order valence-electron chi connectivity index (χ3n) is 5.80. The second-order valence-corrected chi connectivity index (χ2v) is 8.82. The number of H-pyrrole nitrogens is 1. The second kappa shape index (κ2) is 18.8. The van der Waals surface area contributed by atoms with E-state index >= 15 is 0 Å². The first kappa shape index (κ1) is 28.7. The van der Waals surface area contributed by atoms with Crippen LogP contribution in [0.4, 0.5) is 0 Å². The SMILES string of the molecule is CCCCCCCCCC=CC=CC=CC=CC=CC=CC(=O)NCCc1c[nH]c2ccc(O)cc12. The number of carbonyl (C=O) groups excluding carboxylic acids is 1. The number of phenols is 1. The number of aromatic hydroxyl groups is 1. The Morgan fingerprint density at radius 2 is 1.50 bits per heavy atom. The number of carbonyl (C=O) groups is 1. The molecule has 2 rings (SSSR count). The van der Waals surface area contributed by atoms with Gasteiger partial charge in [-0.3, -0.25) is 4.79 Å². The van der Waals surface area contributed by atoms with Gasteiger partial charge in [0.15, 0.2) is 0 Å². The molecule has 0 fully saturated rings. The summed E-state index contributed by atoms with van der Waals surface area (Å²) in [5.41, 5.74) is 2.04. The summed E-state index contributed by atoms with van der Waals surface area (Å²) in [5.74, 6) is 0.112. The van der Waals surface area contributed by atoms with Crippen LogP contribution >= 0.6 is 0 Å². The van der Waals surface area contributed by atoms with Gasteiger partial charge in [-0.25, -0.2) is 0 Å². The summed E-state index contributed by atoms with van der Waals surface area (Å²) in [7, 11) is 0. The molecule has 2 aromatic rings. The fourth-order valence-electron chi connectivity index (χ4n) is 3.80.